The molecule has 17 heavy (non-hydrogen) atoms. The Morgan fingerprint density at radius 1 is 1.29 bits per heavy atom. The number of hydrogen-bond acceptors (Lipinski definition) is 2. The van der Waals surface area contributed by atoms with Crippen molar-refractivity contribution in [2.75, 3.05) is 26.2 Å². The smallest absolute Gasteiger partial charge is 0.0444 e. The van der Waals surface area contributed by atoms with Gasteiger partial charge in [-0.05, 0) is 44.1 Å². The van der Waals surface area contributed by atoms with Gasteiger partial charge in [-0.3, -0.25) is 0 Å². The standard InChI is InChI=1S/C14H21ClN2/c1-2-17-9-7-14(11-16,8-10-17)12-5-3-4-6-13(12)15/h3-6H,2,7-11,16H2,1H3. The number of halogens is 1. The maximum Gasteiger partial charge on any atom is 0.0444 e. The zero-order chi connectivity index (χ0) is 12.3. The molecule has 2 N–H and O–H groups in total. The first kappa shape index (κ1) is 12.9. The average Bonchev–Trinajstić information content (AvgIpc) is 2.39. The molecule has 1 fully saturated rings. The summed E-state index contributed by atoms with van der Waals surface area (Å²) in [5.74, 6) is 0. The molecule has 0 unspecified atom stereocenters. The fraction of sp³-hybridized carbons (Fsp3) is 0.571. The van der Waals surface area contributed by atoms with Crippen LogP contribution in [0.3, 0.4) is 0 Å². The molecule has 0 atom stereocenters. The Bertz CT molecular complexity index is 370. The second kappa shape index (κ2) is 5.38. The minimum Gasteiger partial charge on any atom is -0.330 e. The van der Waals surface area contributed by atoms with Crippen molar-refractivity contribution in [2.45, 2.75) is 25.2 Å². The molecule has 0 aromatic heterocycles. The predicted octanol–water partition coefficient (Wildman–Crippen LogP) is 2.65. The lowest BCUT2D eigenvalue weighted by Gasteiger charge is -2.41. The Morgan fingerprint density at radius 2 is 1.94 bits per heavy atom. The third kappa shape index (κ3) is 2.49. The minimum atomic E-state index is 0.0873. The monoisotopic (exact) mass is 252 g/mol. The molecule has 0 aliphatic carbocycles. The maximum absolute atomic E-state index is 6.33. The van der Waals surface area contributed by atoms with Crippen LogP contribution in [-0.4, -0.2) is 31.1 Å². The molecule has 0 amide bonds. The highest BCUT2D eigenvalue weighted by Crippen LogP contribution is 2.38. The summed E-state index contributed by atoms with van der Waals surface area (Å²) in [5, 5.41) is 0.864. The van der Waals surface area contributed by atoms with E-state index in [4.69, 9.17) is 17.3 Å². The Balaban J connectivity index is 2.24. The summed E-state index contributed by atoms with van der Waals surface area (Å²) in [5.41, 5.74) is 7.37. The van der Waals surface area contributed by atoms with Gasteiger partial charge in [0.05, 0.1) is 0 Å². The maximum atomic E-state index is 6.33. The fourth-order valence-electron chi connectivity index (χ4n) is 2.77. The number of hydrogen-bond donors (Lipinski definition) is 1. The number of nitrogens with zero attached hydrogens (tertiary/aromatic N) is 1. The topological polar surface area (TPSA) is 29.3 Å². The zero-order valence-corrected chi connectivity index (χ0v) is 11.2. The second-order valence-electron chi connectivity index (χ2n) is 4.90. The van der Waals surface area contributed by atoms with Gasteiger partial charge in [0.1, 0.15) is 0 Å². The molecule has 1 heterocycles. The van der Waals surface area contributed by atoms with Gasteiger partial charge in [0, 0.05) is 17.0 Å². The van der Waals surface area contributed by atoms with Gasteiger partial charge < -0.3 is 10.6 Å². The van der Waals surface area contributed by atoms with E-state index in [2.05, 4.69) is 24.0 Å². The van der Waals surface area contributed by atoms with Gasteiger partial charge in [-0.1, -0.05) is 36.7 Å². The molecule has 2 nitrogen and oxygen atoms in total. The Hall–Kier alpha value is -0.570. The molecule has 2 rings (SSSR count). The van der Waals surface area contributed by atoms with Gasteiger partial charge in [-0.25, -0.2) is 0 Å². The molecule has 0 saturated carbocycles. The summed E-state index contributed by atoms with van der Waals surface area (Å²) in [4.78, 5) is 2.48. The van der Waals surface area contributed by atoms with Gasteiger partial charge in [0.15, 0.2) is 0 Å². The molecule has 0 bridgehead atoms. The van der Waals surface area contributed by atoms with E-state index in [9.17, 15) is 0 Å². The van der Waals surface area contributed by atoms with Crippen LogP contribution in [0.15, 0.2) is 24.3 Å². The molecule has 0 spiro atoms. The van der Waals surface area contributed by atoms with Gasteiger partial charge in [-0.15, -0.1) is 0 Å². The largest absolute Gasteiger partial charge is 0.330 e. The summed E-state index contributed by atoms with van der Waals surface area (Å²) < 4.78 is 0. The zero-order valence-electron chi connectivity index (χ0n) is 10.5. The first-order valence-electron chi connectivity index (χ1n) is 6.39. The molecule has 1 aromatic rings. The lowest BCUT2D eigenvalue weighted by Crippen LogP contribution is -2.46. The van der Waals surface area contributed by atoms with E-state index >= 15 is 0 Å². The van der Waals surface area contributed by atoms with E-state index in [-0.39, 0.29) is 5.41 Å². The lowest BCUT2D eigenvalue weighted by molar-refractivity contribution is 0.169. The Kier molecular flexibility index (Phi) is 4.08. The van der Waals surface area contributed by atoms with Crippen LogP contribution in [0.5, 0.6) is 0 Å². The molecule has 1 aliphatic rings. The molecule has 94 valence electrons. The summed E-state index contributed by atoms with van der Waals surface area (Å²) in [6.45, 7) is 6.28. The number of nitrogens with two attached hydrogens (primary N) is 1. The van der Waals surface area contributed by atoms with Crippen LogP contribution in [0, 0.1) is 0 Å². The van der Waals surface area contributed by atoms with Crippen LogP contribution in [0.1, 0.15) is 25.3 Å². The number of likely N-dealkylation sites (tertiary alicyclic amines) is 1. The highest BCUT2D eigenvalue weighted by molar-refractivity contribution is 6.31. The summed E-state index contributed by atoms with van der Waals surface area (Å²) in [7, 11) is 0. The first-order valence-corrected chi connectivity index (χ1v) is 6.77. The van der Waals surface area contributed by atoms with Crippen molar-refractivity contribution in [1.82, 2.24) is 4.90 Å². The summed E-state index contributed by atoms with van der Waals surface area (Å²) in [6, 6.07) is 8.15. The lowest BCUT2D eigenvalue weighted by atomic mass is 9.73. The quantitative estimate of drug-likeness (QED) is 0.896. The molecular weight excluding hydrogens is 232 g/mol. The molecule has 1 saturated heterocycles. The van der Waals surface area contributed by atoms with Gasteiger partial charge in [0.25, 0.3) is 0 Å². The van der Waals surface area contributed by atoms with E-state index in [1.165, 1.54) is 5.56 Å². The molecule has 0 radical (unpaired) electrons. The van der Waals surface area contributed by atoms with E-state index < -0.39 is 0 Å². The molecule has 3 heteroatoms. The highest BCUT2D eigenvalue weighted by Gasteiger charge is 2.35. The van der Waals surface area contributed by atoms with Crippen molar-refractivity contribution < 1.29 is 0 Å². The molecular formula is C14H21ClN2. The van der Waals surface area contributed by atoms with Crippen molar-refractivity contribution in [2.24, 2.45) is 5.73 Å². The van der Waals surface area contributed by atoms with Crippen LogP contribution >= 0.6 is 11.6 Å². The van der Waals surface area contributed by atoms with Crippen molar-refractivity contribution >= 4 is 11.6 Å². The van der Waals surface area contributed by atoms with E-state index in [1.54, 1.807) is 0 Å². The minimum absolute atomic E-state index is 0.0873. The molecule has 1 aliphatic heterocycles. The van der Waals surface area contributed by atoms with E-state index in [0.717, 1.165) is 37.5 Å². The Labute approximate surface area is 109 Å². The normalized spacial score (nSPS) is 20.4. The second-order valence-corrected chi connectivity index (χ2v) is 5.31. The van der Waals surface area contributed by atoms with Crippen LogP contribution in [0.4, 0.5) is 0 Å². The SMILES string of the molecule is CCN1CCC(CN)(c2ccccc2Cl)CC1. The molecule has 1 aromatic carbocycles. The van der Waals surface area contributed by atoms with Gasteiger partial charge in [0.2, 0.25) is 0 Å². The van der Waals surface area contributed by atoms with Gasteiger partial charge >= 0.3 is 0 Å². The van der Waals surface area contributed by atoms with Crippen LogP contribution in [-0.2, 0) is 5.41 Å². The van der Waals surface area contributed by atoms with Crippen LogP contribution in [0.2, 0.25) is 5.02 Å². The van der Waals surface area contributed by atoms with Crippen molar-refractivity contribution in [3.8, 4) is 0 Å². The number of benzene rings is 1. The van der Waals surface area contributed by atoms with Crippen LogP contribution < -0.4 is 5.73 Å². The fourth-order valence-corrected chi connectivity index (χ4v) is 3.11. The van der Waals surface area contributed by atoms with E-state index in [1.807, 2.05) is 12.1 Å². The highest BCUT2D eigenvalue weighted by atomic mass is 35.5. The third-order valence-corrected chi connectivity index (χ3v) is 4.43. The number of rotatable bonds is 3. The van der Waals surface area contributed by atoms with Gasteiger partial charge in [-0.2, -0.15) is 0 Å². The number of piperidine rings is 1. The summed E-state index contributed by atoms with van der Waals surface area (Å²) in [6.07, 6.45) is 2.22. The van der Waals surface area contributed by atoms with Crippen molar-refractivity contribution in [1.29, 1.82) is 0 Å². The third-order valence-electron chi connectivity index (χ3n) is 4.10. The van der Waals surface area contributed by atoms with E-state index in [0.29, 0.717) is 6.54 Å². The predicted molar refractivity (Wildman–Crippen MR) is 73.5 cm³/mol. The average molecular weight is 253 g/mol. The Morgan fingerprint density at radius 3 is 2.47 bits per heavy atom. The van der Waals surface area contributed by atoms with Crippen LogP contribution in [0.25, 0.3) is 0 Å². The van der Waals surface area contributed by atoms with Crippen molar-refractivity contribution in [3.63, 3.8) is 0 Å². The summed E-state index contributed by atoms with van der Waals surface area (Å²) >= 11 is 6.33. The first-order chi connectivity index (χ1) is 8.22. The van der Waals surface area contributed by atoms with Crippen molar-refractivity contribution in [3.05, 3.63) is 34.9 Å².